The van der Waals surface area contributed by atoms with E-state index in [0.29, 0.717) is 11.1 Å². The van der Waals surface area contributed by atoms with Crippen LogP contribution in [-0.2, 0) is 44.6 Å². The van der Waals surface area contributed by atoms with Crippen LogP contribution in [0.4, 0.5) is 0 Å². The largest absolute Gasteiger partial charge is 0.466 e. The molecule has 2 saturated heterocycles. The van der Waals surface area contributed by atoms with Crippen LogP contribution >= 0.6 is 11.8 Å². The van der Waals surface area contributed by atoms with E-state index in [1.165, 1.54) is 30.7 Å². The van der Waals surface area contributed by atoms with Crippen molar-refractivity contribution >= 4 is 41.5 Å². The fraction of sp³-hybridized carbons (Fsp3) is 0.286. The third-order valence-corrected chi connectivity index (χ3v) is 9.37. The van der Waals surface area contributed by atoms with E-state index < -0.39 is 53.0 Å². The standard InChI is InChI=1S/C35H34N2O8S/c1-22(33(41)43-3)20-35(45-23(2)38)21-46-32-28(36-27(39)19-24-13-7-4-8-14-24)31(40)37(32)30(35)34(42)44-29(25-15-9-5-10-16-25)26-17-11-6-12-18-26/h4-18,28-30,32H,1,19-21H2,2-3H3,(H,36,39)/t28-,30+,32-,35+/m1/s1. The molecule has 2 aliphatic rings. The van der Waals surface area contributed by atoms with Crippen LogP contribution in [0.1, 0.15) is 36.1 Å². The Morgan fingerprint density at radius 2 is 1.52 bits per heavy atom. The zero-order chi connectivity index (χ0) is 32.8. The summed E-state index contributed by atoms with van der Waals surface area (Å²) >= 11 is 1.23. The Labute approximate surface area is 271 Å². The number of hydrogen-bond acceptors (Lipinski definition) is 9. The maximum Gasteiger partial charge on any atom is 0.334 e. The second-order valence-corrected chi connectivity index (χ2v) is 12.2. The number of rotatable bonds is 11. The van der Waals surface area contributed by atoms with Crippen LogP contribution in [-0.4, -0.2) is 70.5 Å². The van der Waals surface area contributed by atoms with Gasteiger partial charge in [-0.1, -0.05) is 97.6 Å². The summed E-state index contributed by atoms with van der Waals surface area (Å²) in [6.07, 6.45) is -1.09. The number of fused-ring (bicyclic) bond motifs is 1. The minimum absolute atomic E-state index is 0.00318. The van der Waals surface area contributed by atoms with Gasteiger partial charge in [0.15, 0.2) is 17.7 Å². The van der Waals surface area contributed by atoms with Gasteiger partial charge in [-0.25, -0.2) is 9.59 Å². The molecule has 4 atom stereocenters. The van der Waals surface area contributed by atoms with E-state index in [-0.39, 0.29) is 30.1 Å². The van der Waals surface area contributed by atoms with Gasteiger partial charge >= 0.3 is 17.9 Å². The van der Waals surface area contributed by atoms with Crippen LogP contribution in [0.2, 0.25) is 0 Å². The van der Waals surface area contributed by atoms with Gasteiger partial charge in [-0.2, -0.15) is 0 Å². The highest BCUT2D eigenvalue weighted by Crippen LogP contribution is 2.47. The van der Waals surface area contributed by atoms with Crippen LogP contribution < -0.4 is 5.32 Å². The van der Waals surface area contributed by atoms with E-state index in [1.54, 1.807) is 0 Å². The quantitative estimate of drug-likeness (QED) is 0.144. The zero-order valence-corrected chi connectivity index (χ0v) is 26.2. The Balaban J connectivity index is 1.49. The number of nitrogens with one attached hydrogen (secondary N) is 1. The normalized spacial score (nSPS) is 21.8. The molecule has 0 radical (unpaired) electrons. The molecule has 11 heteroatoms. The minimum atomic E-state index is -1.72. The summed E-state index contributed by atoms with van der Waals surface area (Å²) in [5.41, 5.74) is 0.374. The number of nitrogens with zero attached hydrogens (tertiary/aromatic N) is 1. The Bertz CT molecular complexity index is 1580. The number of amides is 2. The highest BCUT2D eigenvalue weighted by Gasteiger charge is 2.65. The second kappa shape index (κ2) is 14.0. The van der Waals surface area contributed by atoms with Crippen molar-refractivity contribution in [2.24, 2.45) is 0 Å². The maximum atomic E-state index is 14.4. The van der Waals surface area contributed by atoms with E-state index in [1.807, 2.05) is 91.0 Å². The molecule has 3 aromatic carbocycles. The van der Waals surface area contributed by atoms with Crippen molar-refractivity contribution in [3.8, 4) is 0 Å². The topological polar surface area (TPSA) is 128 Å². The molecule has 2 aliphatic heterocycles. The Hall–Kier alpha value is -4.90. The third-order valence-electron chi connectivity index (χ3n) is 7.87. The molecule has 238 valence electrons. The van der Waals surface area contributed by atoms with Crippen LogP contribution in [0, 0.1) is 0 Å². The summed E-state index contributed by atoms with van der Waals surface area (Å²) < 4.78 is 16.9. The van der Waals surface area contributed by atoms with Crippen molar-refractivity contribution in [3.05, 3.63) is 120 Å². The average Bonchev–Trinajstić information content (AvgIpc) is 3.06. The van der Waals surface area contributed by atoms with E-state index in [9.17, 15) is 24.0 Å². The molecule has 10 nitrogen and oxygen atoms in total. The smallest absolute Gasteiger partial charge is 0.334 e. The molecule has 0 saturated carbocycles. The van der Waals surface area contributed by atoms with Crippen LogP contribution in [0.15, 0.2) is 103 Å². The van der Waals surface area contributed by atoms with Gasteiger partial charge in [-0.05, 0) is 16.7 Å². The van der Waals surface area contributed by atoms with Crippen molar-refractivity contribution < 1.29 is 38.2 Å². The number of β-lactam (4-membered cyclic amide) rings is 1. The van der Waals surface area contributed by atoms with Gasteiger partial charge in [0.2, 0.25) is 11.8 Å². The van der Waals surface area contributed by atoms with Crippen molar-refractivity contribution in [2.45, 2.75) is 48.9 Å². The monoisotopic (exact) mass is 642 g/mol. The molecule has 5 rings (SSSR count). The predicted octanol–water partition coefficient (Wildman–Crippen LogP) is 3.75. The van der Waals surface area contributed by atoms with Crippen molar-refractivity contribution in [2.75, 3.05) is 12.9 Å². The van der Waals surface area contributed by atoms with Gasteiger partial charge in [-0.3, -0.25) is 14.4 Å². The highest BCUT2D eigenvalue weighted by molar-refractivity contribution is 8.00. The van der Waals surface area contributed by atoms with Gasteiger partial charge in [0.1, 0.15) is 11.4 Å². The zero-order valence-electron chi connectivity index (χ0n) is 25.4. The first kappa shape index (κ1) is 32.5. The molecule has 0 spiro atoms. The van der Waals surface area contributed by atoms with Gasteiger partial charge in [-0.15, -0.1) is 11.8 Å². The molecule has 3 aromatic rings. The molecule has 0 bridgehead atoms. The van der Waals surface area contributed by atoms with E-state index in [2.05, 4.69) is 11.9 Å². The average molecular weight is 643 g/mol. The molecule has 0 aromatic heterocycles. The van der Waals surface area contributed by atoms with Crippen molar-refractivity contribution in [1.29, 1.82) is 0 Å². The van der Waals surface area contributed by atoms with Crippen LogP contribution in [0.3, 0.4) is 0 Å². The molecule has 0 aliphatic carbocycles. The number of carbonyl (C=O) groups is 5. The molecule has 46 heavy (non-hydrogen) atoms. The summed E-state index contributed by atoms with van der Waals surface area (Å²) in [6, 6.07) is 24.9. The second-order valence-electron chi connectivity index (χ2n) is 11.1. The number of thioether (sulfide) groups is 1. The fourth-order valence-corrected chi connectivity index (χ4v) is 7.40. The van der Waals surface area contributed by atoms with Crippen molar-refractivity contribution in [1.82, 2.24) is 10.2 Å². The van der Waals surface area contributed by atoms with Gasteiger partial charge in [0.25, 0.3) is 0 Å². The van der Waals surface area contributed by atoms with Gasteiger partial charge in [0.05, 0.1) is 13.5 Å². The summed E-state index contributed by atoms with van der Waals surface area (Å²) in [7, 11) is 1.19. The first-order chi connectivity index (χ1) is 22.1. The van der Waals surface area contributed by atoms with Gasteiger partial charge in [0, 0.05) is 24.7 Å². The van der Waals surface area contributed by atoms with Gasteiger partial charge < -0.3 is 24.4 Å². The van der Waals surface area contributed by atoms with E-state index >= 15 is 0 Å². The Kier molecular flexibility index (Phi) is 9.91. The number of benzene rings is 3. The molecule has 1 N–H and O–H groups in total. The number of carbonyl (C=O) groups excluding carboxylic acids is 5. The maximum absolute atomic E-state index is 14.4. The Morgan fingerprint density at radius 3 is 2.07 bits per heavy atom. The predicted molar refractivity (Wildman–Crippen MR) is 170 cm³/mol. The van der Waals surface area contributed by atoms with Crippen LogP contribution in [0.5, 0.6) is 0 Å². The minimum Gasteiger partial charge on any atom is -0.466 e. The lowest BCUT2D eigenvalue weighted by molar-refractivity contribution is -0.191. The SMILES string of the molecule is C=C(C[C@]1(OC(C)=O)CS[C@@H]2[C@H](NC(=O)Cc3ccccc3)C(=O)N2[C@H]1C(=O)OC(c1ccccc1)c1ccccc1)C(=O)OC. The molecule has 2 heterocycles. The summed E-state index contributed by atoms with van der Waals surface area (Å²) in [5.74, 6) is -3.21. The Morgan fingerprint density at radius 1 is 0.957 bits per heavy atom. The molecular formula is C35H34N2O8S. The first-order valence-corrected chi connectivity index (χ1v) is 15.7. The molecule has 0 unspecified atom stereocenters. The summed E-state index contributed by atoms with van der Waals surface area (Å²) in [6.45, 7) is 4.99. The molecular weight excluding hydrogens is 608 g/mol. The highest BCUT2D eigenvalue weighted by atomic mass is 32.2. The number of hydrogen-bond donors (Lipinski definition) is 1. The van der Waals surface area contributed by atoms with Crippen LogP contribution in [0.25, 0.3) is 0 Å². The summed E-state index contributed by atoms with van der Waals surface area (Å²) in [4.78, 5) is 67.5. The lowest BCUT2D eigenvalue weighted by Gasteiger charge is -2.58. The lowest BCUT2D eigenvalue weighted by atomic mass is 9.84. The third kappa shape index (κ3) is 6.84. The number of ether oxygens (including phenoxy) is 3. The summed E-state index contributed by atoms with van der Waals surface area (Å²) in [5, 5.41) is 2.14. The number of esters is 3. The number of methoxy groups -OCH3 is 1. The molecule has 2 fully saturated rings. The van der Waals surface area contributed by atoms with E-state index in [4.69, 9.17) is 14.2 Å². The molecule has 2 amide bonds. The first-order valence-electron chi connectivity index (χ1n) is 14.7. The van der Waals surface area contributed by atoms with E-state index in [0.717, 1.165) is 5.56 Å². The van der Waals surface area contributed by atoms with Crippen molar-refractivity contribution in [3.63, 3.8) is 0 Å². The lowest BCUT2D eigenvalue weighted by Crippen LogP contribution is -2.80. The fourth-order valence-electron chi connectivity index (χ4n) is 5.86.